The van der Waals surface area contributed by atoms with Crippen molar-refractivity contribution in [3.05, 3.63) is 89.7 Å². The minimum Gasteiger partial charge on any atom is -0.487 e. The van der Waals surface area contributed by atoms with Crippen molar-refractivity contribution in [2.24, 2.45) is 11.6 Å². The van der Waals surface area contributed by atoms with Crippen LogP contribution in [0.5, 0.6) is 5.75 Å². The zero-order valence-electron chi connectivity index (χ0n) is 17.8. The molecule has 0 aliphatic heterocycles. The van der Waals surface area contributed by atoms with Gasteiger partial charge in [0.2, 0.25) is 5.89 Å². The molecular weight excluding hydrogens is 409 g/mol. The maximum Gasteiger partial charge on any atom is 0.218 e. The zero-order chi connectivity index (χ0) is 22.8. The molecule has 0 aliphatic rings. The molecule has 1 aromatic heterocycles. The van der Waals surface area contributed by atoms with Crippen LogP contribution < -0.4 is 22.0 Å². The van der Waals surface area contributed by atoms with Crippen molar-refractivity contribution >= 4 is 17.8 Å². The summed E-state index contributed by atoms with van der Waals surface area (Å²) in [6, 6.07) is 12.5. The molecule has 0 aliphatic carbocycles. The maximum atomic E-state index is 13.8. The molecule has 7 nitrogen and oxygen atoms in total. The Hall–Kier alpha value is -3.78. The van der Waals surface area contributed by atoms with E-state index in [0.29, 0.717) is 22.8 Å². The van der Waals surface area contributed by atoms with Gasteiger partial charge in [-0.05, 0) is 61.2 Å². The van der Waals surface area contributed by atoms with E-state index in [0.717, 1.165) is 31.6 Å². The summed E-state index contributed by atoms with van der Waals surface area (Å²) in [5.41, 5.74) is 13.5. The molecule has 0 amide bonds. The summed E-state index contributed by atoms with van der Waals surface area (Å²) >= 11 is 0. The van der Waals surface area contributed by atoms with Crippen molar-refractivity contribution in [1.82, 2.24) is 9.99 Å². The Balaban J connectivity index is 1.44. The molecule has 0 fully saturated rings. The molecule has 3 rings (SSSR count). The van der Waals surface area contributed by atoms with E-state index >= 15 is 0 Å². The topological polar surface area (TPSA) is 117 Å². The number of rotatable bonds is 11. The van der Waals surface area contributed by atoms with Gasteiger partial charge in [-0.2, -0.15) is 0 Å². The van der Waals surface area contributed by atoms with E-state index in [1.54, 1.807) is 35.5 Å². The summed E-state index contributed by atoms with van der Waals surface area (Å²) in [5.74, 6) is 6.46. The van der Waals surface area contributed by atoms with Crippen LogP contribution in [0.3, 0.4) is 0 Å². The highest BCUT2D eigenvalue weighted by Crippen LogP contribution is 2.17. The minimum atomic E-state index is -0.398. The van der Waals surface area contributed by atoms with Crippen molar-refractivity contribution < 1.29 is 13.5 Å². The van der Waals surface area contributed by atoms with E-state index in [1.165, 1.54) is 24.1 Å². The molecule has 0 saturated heterocycles. The number of oxazole rings is 1. The number of hydrogen-bond acceptors (Lipinski definition) is 7. The van der Waals surface area contributed by atoms with E-state index in [2.05, 4.69) is 4.98 Å². The third-order valence-electron chi connectivity index (χ3n) is 4.72. The van der Waals surface area contributed by atoms with Gasteiger partial charge in [0.1, 0.15) is 30.1 Å². The number of nitrogen functional groups attached to an aromatic ring is 1. The fourth-order valence-electron chi connectivity index (χ4n) is 3.02. The Morgan fingerprint density at radius 3 is 2.66 bits per heavy atom. The average molecular weight is 438 g/mol. The third-order valence-corrected chi connectivity index (χ3v) is 4.72. The van der Waals surface area contributed by atoms with Crippen LogP contribution >= 0.6 is 0 Å². The lowest BCUT2D eigenvalue weighted by molar-refractivity contribution is 0.301. The van der Waals surface area contributed by atoms with Gasteiger partial charge in [0, 0.05) is 36.3 Å². The molecule has 32 heavy (non-hydrogen) atoms. The van der Waals surface area contributed by atoms with Crippen LogP contribution in [0.1, 0.15) is 35.6 Å². The van der Waals surface area contributed by atoms with Crippen LogP contribution in [0.25, 0.3) is 12.2 Å². The molecule has 0 bridgehead atoms. The van der Waals surface area contributed by atoms with E-state index in [4.69, 9.17) is 26.5 Å². The average Bonchev–Trinajstić information content (AvgIpc) is 3.23. The van der Waals surface area contributed by atoms with Gasteiger partial charge >= 0.3 is 0 Å². The van der Waals surface area contributed by atoms with Gasteiger partial charge < -0.3 is 25.6 Å². The second-order valence-electron chi connectivity index (χ2n) is 7.26. The number of halogens is 1. The van der Waals surface area contributed by atoms with E-state index in [1.807, 2.05) is 24.3 Å². The van der Waals surface area contributed by atoms with Crippen LogP contribution in [0.2, 0.25) is 0 Å². The predicted octanol–water partition coefficient (Wildman–Crippen LogP) is 4.07. The quantitative estimate of drug-likeness (QED) is 0.179. The Bertz CT molecular complexity index is 1050. The highest BCUT2D eigenvalue weighted by atomic mass is 19.1. The van der Waals surface area contributed by atoms with E-state index in [9.17, 15) is 4.39 Å². The van der Waals surface area contributed by atoms with Gasteiger partial charge in [-0.1, -0.05) is 12.1 Å². The molecule has 0 spiro atoms. The monoisotopic (exact) mass is 437 g/mol. The van der Waals surface area contributed by atoms with Gasteiger partial charge in [-0.15, -0.1) is 0 Å². The van der Waals surface area contributed by atoms with Crippen LogP contribution in [-0.4, -0.2) is 16.5 Å². The number of benzene rings is 2. The van der Waals surface area contributed by atoms with E-state index in [-0.39, 0.29) is 6.61 Å². The van der Waals surface area contributed by atoms with Crippen LogP contribution in [-0.2, 0) is 13.0 Å². The summed E-state index contributed by atoms with van der Waals surface area (Å²) in [6.07, 6.45) is 10.8. The molecule has 8 heteroatoms. The lowest BCUT2D eigenvalue weighted by Gasteiger charge is -2.12. The molecule has 3 aromatic rings. The largest absolute Gasteiger partial charge is 0.487 e. The summed E-state index contributed by atoms with van der Waals surface area (Å²) < 4.78 is 25.0. The first-order chi connectivity index (χ1) is 15.5. The van der Waals surface area contributed by atoms with Crippen molar-refractivity contribution in [1.29, 1.82) is 0 Å². The second kappa shape index (κ2) is 11.6. The number of unbranched alkanes of at least 4 members (excludes halogenated alkanes) is 1. The van der Waals surface area contributed by atoms with E-state index < -0.39 is 5.82 Å². The van der Waals surface area contributed by atoms with Gasteiger partial charge in [0.05, 0.1) is 0 Å². The number of hydrazine groups is 1. The van der Waals surface area contributed by atoms with Gasteiger partial charge in [0.25, 0.3) is 0 Å². The number of aromatic nitrogens is 1. The third kappa shape index (κ3) is 7.17. The number of nitrogens with zero attached hydrogens (tertiary/aromatic N) is 2. The Labute approximate surface area is 186 Å². The first-order valence-electron chi connectivity index (χ1n) is 10.3. The normalized spacial score (nSPS) is 11.4. The maximum absolute atomic E-state index is 13.8. The predicted molar refractivity (Wildman–Crippen MR) is 124 cm³/mol. The SMILES string of the molecule is N/C=C\N(N)CCCCc1ccc(OCc2coc(/C=C/c3ccc(N)cc3F)n2)cc1. The first kappa shape index (κ1) is 22.9. The molecular formula is C24H28FN5O2. The van der Waals surface area contributed by atoms with Crippen LogP contribution in [0, 0.1) is 5.82 Å². The lowest BCUT2D eigenvalue weighted by Crippen LogP contribution is -2.26. The fourth-order valence-corrected chi connectivity index (χ4v) is 3.02. The molecule has 0 radical (unpaired) electrons. The van der Waals surface area contributed by atoms with Gasteiger partial charge in [-0.3, -0.25) is 0 Å². The number of ether oxygens (including phenoxy) is 1. The molecule has 0 atom stereocenters. The second-order valence-corrected chi connectivity index (χ2v) is 7.26. The standard InChI is InChI=1S/C24H28FN5O2/c25-23-15-20(27)8-6-19(23)7-11-24-29-21(17-32-24)16-31-22-9-4-18(5-10-22)3-1-2-13-30(28)14-12-26/h4-12,14-15,17H,1-3,13,16,26-28H2/b11-7+,14-12-. The summed E-state index contributed by atoms with van der Waals surface area (Å²) in [6.45, 7) is 1.03. The van der Waals surface area contributed by atoms with Crippen LogP contribution in [0.15, 0.2) is 65.5 Å². The van der Waals surface area contributed by atoms with Crippen molar-refractivity contribution in [2.75, 3.05) is 12.3 Å². The molecule has 6 N–H and O–H groups in total. The molecule has 168 valence electrons. The zero-order valence-corrected chi connectivity index (χ0v) is 17.8. The number of anilines is 1. The number of nitrogens with two attached hydrogens (primary N) is 3. The first-order valence-corrected chi connectivity index (χ1v) is 10.3. The molecule has 1 heterocycles. The molecule has 2 aromatic carbocycles. The van der Waals surface area contributed by atoms with Crippen molar-refractivity contribution in [3.8, 4) is 5.75 Å². The highest BCUT2D eigenvalue weighted by molar-refractivity contribution is 5.67. The van der Waals surface area contributed by atoms with Gasteiger partial charge in [0.15, 0.2) is 0 Å². The highest BCUT2D eigenvalue weighted by Gasteiger charge is 2.04. The Morgan fingerprint density at radius 2 is 1.91 bits per heavy atom. The summed E-state index contributed by atoms with van der Waals surface area (Å²) in [4.78, 5) is 4.33. The van der Waals surface area contributed by atoms with Crippen molar-refractivity contribution in [2.45, 2.75) is 25.9 Å². The molecule has 0 unspecified atom stereocenters. The minimum absolute atomic E-state index is 0.272. The summed E-state index contributed by atoms with van der Waals surface area (Å²) in [7, 11) is 0. The number of aryl methyl sites for hydroxylation is 1. The lowest BCUT2D eigenvalue weighted by atomic mass is 10.1. The Kier molecular flexibility index (Phi) is 8.28. The van der Waals surface area contributed by atoms with Crippen molar-refractivity contribution in [3.63, 3.8) is 0 Å². The van der Waals surface area contributed by atoms with Gasteiger partial charge in [-0.25, -0.2) is 15.2 Å². The molecule has 0 saturated carbocycles. The number of hydrogen-bond donors (Lipinski definition) is 3. The summed E-state index contributed by atoms with van der Waals surface area (Å²) in [5, 5.41) is 1.58. The fraction of sp³-hybridized carbons (Fsp3) is 0.208. The Morgan fingerprint density at radius 1 is 1.09 bits per heavy atom. The van der Waals surface area contributed by atoms with Crippen LogP contribution in [0.4, 0.5) is 10.1 Å². The smallest absolute Gasteiger partial charge is 0.218 e.